The largest absolute Gasteiger partial charge is 0.416 e. The van der Waals surface area contributed by atoms with E-state index in [0.717, 1.165) is 44.6 Å². The highest BCUT2D eigenvalue weighted by atomic mass is 19.4. The third-order valence-electron chi connectivity index (χ3n) is 5.64. The first kappa shape index (κ1) is 18.0. The van der Waals surface area contributed by atoms with Crippen LogP contribution in [0.2, 0.25) is 0 Å². The zero-order valence-electron chi connectivity index (χ0n) is 14.8. The van der Waals surface area contributed by atoms with Crippen molar-refractivity contribution in [3.05, 3.63) is 59.7 Å². The summed E-state index contributed by atoms with van der Waals surface area (Å²) in [7, 11) is 0. The molecule has 0 spiro atoms. The summed E-state index contributed by atoms with van der Waals surface area (Å²) in [6.45, 7) is 3.13. The van der Waals surface area contributed by atoms with E-state index in [2.05, 4.69) is 10.2 Å². The molecule has 0 aliphatic carbocycles. The van der Waals surface area contributed by atoms with E-state index < -0.39 is 11.7 Å². The number of rotatable bonds is 3. The fraction of sp³-hybridized carbons (Fsp3) is 0.381. The second kappa shape index (κ2) is 7.00. The minimum Gasteiger partial charge on any atom is -0.348 e. The lowest BCUT2D eigenvalue weighted by Gasteiger charge is -2.44. The van der Waals surface area contributed by atoms with Crippen LogP contribution in [-0.4, -0.2) is 36.5 Å². The highest BCUT2D eigenvalue weighted by Gasteiger charge is 2.35. The molecule has 0 radical (unpaired) electrons. The number of nitrogens with one attached hydrogen (secondary N) is 1. The van der Waals surface area contributed by atoms with E-state index in [1.165, 1.54) is 6.07 Å². The number of carbonyl (C=O) groups excluding carboxylic acids is 1. The zero-order chi connectivity index (χ0) is 19.0. The Kier molecular flexibility index (Phi) is 4.68. The van der Waals surface area contributed by atoms with Crippen LogP contribution in [0.4, 0.5) is 13.2 Å². The summed E-state index contributed by atoms with van der Waals surface area (Å²) in [6.07, 6.45) is -2.12. The van der Waals surface area contributed by atoms with Crippen molar-refractivity contribution in [2.45, 2.75) is 25.1 Å². The fourth-order valence-corrected chi connectivity index (χ4v) is 4.07. The summed E-state index contributed by atoms with van der Waals surface area (Å²) in [5.41, 5.74) is 0.987. The Bertz CT molecular complexity index is 824. The van der Waals surface area contributed by atoms with Crippen molar-refractivity contribution in [1.29, 1.82) is 0 Å². The van der Waals surface area contributed by atoms with E-state index in [1.807, 2.05) is 0 Å². The van der Waals surface area contributed by atoms with E-state index in [1.54, 1.807) is 30.3 Å². The maximum absolute atomic E-state index is 12.9. The van der Waals surface area contributed by atoms with Gasteiger partial charge in [0.1, 0.15) is 0 Å². The zero-order valence-corrected chi connectivity index (χ0v) is 14.8. The topological polar surface area (TPSA) is 32.3 Å². The minimum absolute atomic E-state index is 0.121. The lowest BCUT2D eigenvalue weighted by atomic mass is 9.84. The maximum atomic E-state index is 12.9. The molecule has 3 aliphatic rings. The minimum atomic E-state index is -4.37. The molecule has 2 aromatic carbocycles. The van der Waals surface area contributed by atoms with Crippen molar-refractivity contribution < 1.29 is 18.0 Å². The molecular formula is C21H21F3N2O. The van der Waals surface area contributed by atoms with Gasteiger partial charge >= 0.3 is 6.18 Å². The van der Waals surface area contributed by atoms with Gasteiger partial charge in [-0.1, -0.05) is 24.3 Å². The van der Waals surface area contributed by atoms with E-state index in [0.29, 0.717) is 22.6 Å². The predicted octanol–water partition coefficient (Wildman–Crippen LogP) is 4.20. The number of hydrogen-bond acceptors (Lipinski definition) is 2. The molecule has 1 atom stereocenters. The van der Waals surface area contributed by atoms with Gasteiger partial charge in [0, 0.05) is 18.2 Å². The Labute approximate surface area is 156 Å². The number of amides is 1. The Morgan fingerprint density at radius 3 is 2.30 bits per heavy atom. The van der Waals surface area contributed by atoms with Crippen molar-refractivity contribution in [2.75, 3.05) is 19.6 Å². The average molecular weight is 374 g/mol. The van der Waals surface area contributed by atoms with Crippen LogP contribution in [0.5, 0.6) is 0 Å². The normalized spacial score (nSPS) is 24.6. The Morgan fingerprint density at radius 1 is 1.00 bits per heavy atom. The summed E-state index contributed by atoms with van der Waals surface area (Å²) in [6, 6.07) is 12.1. The number of piperidine rings is 3. The van der Waals surface area contributed by atoms with Gasteiger partial charge in [-0.15, -0.1) is 0 Å². The lowest BCUT2D eigenvalue weighted by Crippen LogP contribution is -2.57. The molecule has 2 aromatic rings. The van der Waals surface area contributed by atoms with Crippen molar-refractivity contribution in [3.63, 3.8) is 0 Å². The molecule has 1 amide bonds. The van der Waals surface area contributed by atoms with Gasteiger partial charge < -0.3 is 10.2 Å². The van der Waals surface area contributed by atoms with Crippen LogP contribution in [0.3, 0.4) is 0 Å². The lowest BCUT2D eigenvalue weighted by molar-refractivity contribution is -0.137. The molecule has 0 unspecified atom stereocenters. The molecule has 3 aliphatic heterocycles. The quantitative estimate of drug-likeness (QED) is 0.874. The molecule has 3 heterocycles. The third kappa shape index (κ3) is 3.86. The monoisotopic (exact) mass is 374 g/mol. The highest BCUT2D eigenvalue weighted by molar-refractivity contribution is 5.95. The molecule has 3 nitrogen and oxygen atoms in total. The van der Waals surface area contributed by atoms with Crippen LogP contribution in [-0.2, 0) is 6.18 Å². The molecular weight excluding hydrogens is 353 g/mol. The van der Waals surface area contributed by atoms with Gasteiger partial charge in [0.2, 0.25) is 0 Å². The van der Waals surface area contributed by atoms with Gasteiger partial charge in [0.15, 0.2) is 0 Å². The molecule has 1 N–H and O–H groups in total. The van der Waals surface area contributed by atoms with Crippen molar-refractivity contribution in [3.8, 4) is 11.1 Å². The number of halogens is 3. The molecule has 0 aromatic heterocycles. The molecule has 0 saturated carbocycles. The summed E-state index contributed by atoms with van der Waals surface area (Å²) in [4.78, 5) is 14.9. The van der Waals surface area contributed by atoms with Crippen LogP contribution in [0, 0.1) is 5.92 Å². The van der Waals surface area contributed by atoms with Crippen molar-refractivity contribution in [2.24, 2.45) is 5.92 Å². The number of fused-ring (bicyclic) bond motifs is 3. The van der Waals surface area contributed by atoms with Crippen molar-refractivity contribution >= 4 is 5.91 Å². The summed E-state index contributed by atoms with van der Waals surface area (Å²) in [5.74, 6) is 0.424. The standard InChI is InChI=1S/C21H21F3N2O/c22-21(23,24)18-3-1-2-17(12-18)14-4-6-16(7-5-14)20(27)25-19-13-26-10-8-15(19)9-11-26/h1-7,12,15,19H,8-11,13H2,(H,25,27)/t19-/m1/s1. The van der Waals surface area contributed by atoms with E-state index in [9.17, 15) is 18.0 Å². The first-order valence-electron chi connectivity index (χ1n) is 9.21. The SMILES string of the molecule is O=C(N[C@@H]1CN2CCC1CC2)c1ccc(-c2cccc(C(F)(F)F)c2)cc1. The Morgan fingerprint density at radius 2 is 1.70 bits per heavy atom. The Balaban J connectivity index is 1.47. The van der Waals surface area contributed by atoms with Gasteiger partial charge in [-0.2, -0.15) is 13.2 Å². The summed E-state index contributed by atoms with van der Waals surface area (Å²) < 4.78 is 38.7. The summed E-state index contributed by atoms with van der Waals surface area (Å²) >= 11 is 0. The van der Waals surface area contributed by atoms with Crippen LogP contribution in [0.25, 0.3) is 11.1 Å². The number of nitrogens with zero attached hydrogens (tertiary/aromatic N) is 1. The van der Waals surface area contributed by atoms with Crippen LogP contribution in [0.15, 0.2) is 48.5 Å². The molecule has 6 heteroatoms. The number of alkyl halides is 3. The molecule has 2 bridgehead atoms. The molecule has 142 valence electrons. The van der Waals surface area contributed by atoms with Gasteiger partial charge in [0.05, 0.1) is 5.56 Å². The molecule has 3 fully saturated rings. The molecule has 27 heavy (non-hydrogen) atoms. The first-order valence-corrected chi connectivity index (χ1v) is 9.21. The molecule has 5 rings (SSSR count). The highest BCUT2D eigenvalue weighted by Crippen LogP contribution is 2.32. The van der Waals surface area contributed by atoms with Crippen LogP contribution < -0.4 is 5.32 Å². The second-order valence-electron chi connectivity index (χ2n) is 7.37. The van der Waals surface area contributed by atoms with E-state index >= 15 is 0 Å². The van der Waals surface area contributed by atoms with Crippen LogP contribution >= 0.6 is 0 Å². The fourth-order valence-electron chi connectivity index (χ4n) is 4.07. The third-order valence-corrected chi connectivity index (χ3v) is 5.64. The smallest absolute Gasteiger partial charge is 0.348 e. The maximum Gasteiger partial charge on any atom is 0.416 e. The van der Waals surface area contributed by atoms with Gasteiger partial charge in [-0.25, -0.2) is 0 Å². The predicted molar refractivity (Wildman–Crippen MR) is 97.3 cm³/mol. The van der Waals surface area contributed by atoms with Gasteiger partial charge in [0.25, 0.3) is 5.91 Å². The van der Waals surface area contributed by atoms with Gasteiger partial charge in [-0.05, 0) is 67.2 Å². The van der Waals surface area contributed by atoms with Gasteiger partial charge in [-0.3, -0.25) is 4.79 Å². The number of benzene rings is 2. The van der Waals surface area contributed by atoms with E-state index in [-0.39, 0.29) is 11.9 Å². The molecule has 3 saturated heterocycles. The van der Waals surface area contributed by atoms with Crippen molar-refractivity contribution in [1.82, 2.24) is 10.2 Å². The average Bonchev–Trinajstić information content (AvgIpc) is 2.68. The van der Waals surface area contributed by atoms with Crippen LogP contribution in [0.1, 0.15) is 28.8 Å². The Hall–Kier alpha value is -2.34. The second-order valence-corrected chi connectivity index (χ2v) is 7.37. The van der Waals surface area contributed by atoms with E-state index in [4.69, 9.17) is 0 Å². The number of hydrogen-bond donors (Lipinski definition) is 1. The summed E-state index contributed by atoms with van der Waals surface area (Å²) in [5, 5.41) is 3.13. The first-order chi connectivity index (χ1) is 12.9. The number of carbonyl (C=O) groups is 1.